The number of non-ortho nitro benzene ring substituents is 1. The Morgan fingerprint density at radius 2 is 1.64 bits per heavy atom. The van der Waals surface area contributed by atoms with Crippen molar-refractivity contribution in [2.24, 2.45) is 22.2 Å². The number of para-hydroxylation sites is 1. The second-order valence-electron chi connectivity index (χ2n) is 8.01. The van der Waals surface area contributed by atoms with E-state index in [4.69, 9.17) is 27.1 Å². The standard InChI is InChI=1S/C21H27N7O6S.C2H4O2/c1-35(33,34)21(12-5-13-25-20(23)24,27(18(29)14-22)16-6-3-2-4-7-16)19(30)26-15-8-10-17(11-9-15)28(31)32;1-2(3)4/h2-4,6-11H,5,12-14,22H2,1H3,(H,26,30)(H4,23,24,25);1H3,(H,3,4)/t21-;/m1./s1. The van der Waals surface area contributed by atoms with Gasteiger partial charge < -0.3 is 27.6 Å². The van der Waals surface area contributed by atoms with Gasteiger partial charge in [-0.25, -0.2) is 8.42 Å². The van der Waals surface area contributed by atoms with E-state index in [2.05, 4.69) is 10.3 Å². The van der Waals surface area contributed by atoms with Crippen LogP contribution in [0.1, 0.15) is 19.8 Å². The molecule has 15 nitrogen and oxygen atoms in total. The maximum Gasteiger partial charge on any atom is 0.300 e. The number of carboxylic acid groups (broad SMARTS) is 1. The quantitative estimate of drug-likeness (QED) is 0.0819. The number of anilines is 2. The van der Waals surface area contributed by atoms with Crippen molar-refractivity contribution in [3.8, 4) is 0 Å². The molecule has 2 aromatic carbocycles. The van der Waals surface area contributed by atoms with E-state index in [0.717, 1.165) is 30.2 Å². The lowest BCUT2D eigenvalue weighted by atomic mass is 10.1. The van der Waals surface area contributed by atoms with E-state index in [-0.39, 0.29) is 42.4 Å². The topological polar surface area (TPSA) is 254 Å². The molecular formula is C23H31N7O8S. The van der Waals surface area contributed by atoms with Crippen LogP contribution in [-0.2, 0) is 24.2 Å². The molecule has 0 spiro atoms. The molecule has 212 valence electrons. The number of nitrogens with two attached hydrogens (primary N) is 3. The Labute approximate surface area is 224 Å². The minimum Gasteiger partial charge on any atom is -0.481 e. The number of rotatable bonds is 11. The molecule has 0 aliphatic carbocycles. The first-order valence-corrected chi connectivity index (χ1v) is 13.1. The van der Waals surface area contributed by atoms with E-state index >= 15 is 0 Å². The highest BCUT2D eigenvalue weighted by atomic mass is 32.2. The number of carboxylic acids is 1. The molecule has 0 fully saturated rings. The molecule has 2 aromatic rings. The number of amides is 2. The molecule has 0 heterocycles. The smallest absolute Gasteiger partial charge is 0.300 e. The summed E-state index contributed by atoms with van der Waals surface area (Å²) in [6, 6.07) is 12.6. The zero-order valence-electron chi connectivity index (χ0n) is 21.3. The molecule has 0 aromatic heterocycles. The summed E-state index contributed by atoms with van der Waals surface area (Å²) >= 11 is 0. The minimum atomic E-state index is -4.35. The van der Waals surface area contributed by atoms with Crippen LogP contribution in [0.2, 0.25) is 0 Å². The molecule has 0 saturated carbocycles. The normalized spacial score (nSPS) is 12.1. The van der Waals surface area contributed by atoms with Crippen LogP contribution in [0, 0.1) is 10.1 Å². The molecule has 0 saturated heterocycles. The van der Waals surface area contributed by atoms with Crippen LogP contribution in [0.5, 0.6) is 0 Å². The van der Waals surface area contributed by atoms with E-state index in [9.17, 15) is 28.1 Å². The number of sulfone groups is 1. The van der Waals surface area contributed by atoms with Gasteiger partial charge in [0.05, 0.1) is 11.5 Å². The summed E-state index contributed by atoms with van der Waals surface area (Å²) < 4.78 is 26.6. The zero-order valence-corrected chi connectivity index (χ0v) is 22.1. The van der Waals surface area contributed by atoms with Gasteiger partial charge in [-0.1, -0.05) is 18.2 Å². The van der Waals surface area contributed by atoms with Crippen LogP contribution in [0.4, 0.5) is 17.1 Å². The predicted molar refractivity (Wildman–Crippen MR) is 146 cm³/mol. The summed E-state index contributed by atoms with van der Waals surface area (Å²) in [5, 5.41) is 20.8. The first-order chi connectivity index (χ1) is 18.2. The number of guanidine groups is 1. The fourth-order valence-corrected chi connectivity index (χ4v) is 4.93. The van der Waals surface area contributed by atoms with E-state index in [1.807, 2.05) is 0 Å². The van der Waals surface area contributed by atoms with Gasteiger partial charge in [0.15, 0.2) is 15.8 Å². The van der Waals surface area contributed by atoms with Crippen molar-refractivity contribution in [3.05, 3.63) is 64.7 Å². The number of nitrogens with one attached hydrogen (secondary N) is 1. The van der Waals surface area contributed by atoms with E-state index in [0.29, 0.717) is 0 Å². The molecular weight excluding hydrogens is 534 g/mol. The number of hydrogen-bond acceptors (Lipinski definition) is 9. The van der Waals surface area contributed by atoms with Crippen LogP contribution < -0.4 is 27.4 Å². The van der Waals surface area contributed by atoms with Crippen LogP contribution in [0.3, 0.4) is 0 Å². The molecule has 1 atom stereocenters. The summed E-state index contributed by atoms with van der Waals surface area (Å²) in [5.74, 6) is -2.92. The number of carbonyl (C=O) groups excluding carboxylic acids is 2. The van der Waals surface area contributed by atoms with Crippen LogP contribution in [-0.4, -0.2) is 66.4 Å². The van der Waals surface area contributed by atoms with Crippen molar-refractivity contribution in [3.63, 3.8) is 0 Å². The minimum absolute atomic E-state index is 0.0101. The number of aliphatic carboxylic acids is 1. The number of hydrogen-bond donors (Lipinski definition) is 5. The monoisotopic (exact) mass is 565 g/mol. The number of benzene rings is 2. The Hall–Kier alpha value is -4.57. The van der Waals surface area contributed by atoms with E-state index < -0.39 is 44.0 Å². The number of carbonyl (C=O) groups is 3. The molecule has 8 N–H and O–H groups in total. The highest BCUT2D eigenvalue weighted by molar-refractivity contribution is 7.93. The Morgan fingerprint density at radius 1 is 1.10 bits per heavy atom. The number of nitro benzene ring substituents is 1. The summed E-state index contributed by atoms with van der Waals surface area (Å²) in [4.78, 5) is 48.3. The Kier molecular flexibility index (Phi) is 12.0. The van der Waals surface area contributed by atoms with Gasteiger partial charge in [0.2, 0.25) is 10.8 Å². The molecule has 0 aliphatic rings. The van der Waals surface area contributed by atoms with Gasteiger partial charge in [0.25, 0.3) is 17.6 Å². The Morgan fingerprint density at radius 3 is 2.08 bits per heavy atom. The van der Waals surface area contributed by atoms with Crippen molar-refractivity contribution >= 4 is 50.6 Å². The summed E-state index contributed by atoms with van der Waals surface area (Å²) in [5.41, 5.74) is 16.3. The Bertz CT molecular complexity index is 1290. The van der Waals surface area contributed by atoms with Gasteiger partial charge in [-0.2, -0.15) is 0 Å². The fourth-order valence-electron chi connectivity index (χ4n) is 3.49. The van der Waals surface area contributed by atoms with Gasteiger partial charge in [0, 0.05) is 43.2 Å². The van der Waals surface area contributed by atoms with E-state index in [1.54, 1.807) is 18.2 Å². The second kappa shape index (κ2) is 14.4. The van der Waals surface area contributed by atoms with Crippen LogP contribution in [0.15, 0.2) is 59.6 Å². The lowest BCUT2D eigenvalue weighted by Gasteiger charge is -2.41. The zero-order chi connectivity index (χ0) is 29.8. The summed E-state index contributed by atoms with van der Waals surface area (Å²) in [6.45, 7) is 0.495. The highest BCUT2D eigenvalue weighted by Crippen LogP contribution is 2.35. The second-order valence-corrected chi connectivity index (χ2v) is 10.2. The predicted octanol–water partition coefficient (Wildman–Crippen LogP) is 0.411. The van der Waals surface area contributed by atoms with Crippen molar-refractivity contribution in [2.75, 3.05) is 29.6 Å². The van der Waals surface area contributed by atoms with Gasteiger partial charge >= 0.3 is 0 Å². The highest BCUT2D eigenvalue weighted by Gasteiger charge is 2.55. The number of aliphatic imine (C=N–C) groups is 1. The molecule has 0 radical (unpaired) electrons. The summed E-state index contributed by atoms with van der Waals surface area (Å²) in [6.07, 6.45) is 0.477. The largest absolute Gasteiger partial charge is 0.481 e. The van der Waals surface area contributed by atoms with Crippen LogP contribution >= 0.6 is 0 Å². The molecule has 39 heavy (non-hydrogen) atoms. The third kappa shape index (κ3) is 9.04. The molecule has 16 heteroatoms. The lowest BCUT2D eigenvalue weighted by Crippen LogP contribution is -2.65. The third-order valence-electron chi connectivity index (χ3n) is 5.07. The van der Waals surface area contributed by atoms with Gasteiger partial charge in [0.1, 0.15) is 0 Å². The van der Waals surface area contributed by atoms with Gasteiger partial charge in [-0.15, -0.1) is 0 Å². The van der Waals surface area contributed by atoms with Crippen molar-refractivity contribution in [1.82, 2.24) is 0 Å². The van der Waals surface area contributed by atoms with Crippen molar-refractivity contribution in [1.29, 1.82) is 0 Å². The van der Waals surface area contributed by atoms with Crippen molar-refractivity contribution in [2.45, 2.75) is 24.6 Å². The van der Waals surface area contributed by atoms with Gasteiger partial charge in [-0.3, -0.25) is 34.4 Å². The average Bonchev–Trinajstić information content (AvgIpc) is 2.85. The maximum atomic E-state index is 13.7. The van der Waals surface area contributed by atoms with Crippen LogP contribution in [0.25, 0.3) is 0 Å². The fraction of sp³-hybridized carbons (Fsp3) is 0.304. The third-order valence-corrected chi connectivity index (χ3v) is 6.87. The molecule has 2 amide bonds. The van der Waals surface area contributed by atoms with E-state index in [1.165, 1.54) is 24.3 Å². The number of nitrogens with zero attached hydrogens (tertiary/aromatic N) is 3. The first kappa shape index (κ1) is 32.5. The molecule has 0 aliphatic heterocycles. The first-order valence-electron chi connectivity index (χ1n) is 11.3. The molecule has 0 bridgehead atoms. The maximum absolute atomic E-state index is 13.7. The summed E-state index contributed by atoms with van der Waals surface area (Å²) in [7, 11) is -4.35. The lowest BCUT2D eigenvalue weighted by molar-refractivity contribution is -0.384. The van der Waals surface area contributed by atoms with Gasteiger partial charge in [-0.05, 0) is 37.1 Å². The molecule has 2 rings (SSSR count). The molecule has 0 unspecified atom stereocenters. The number of nitro groups is 1. The van der Waals surface area contributed by atoms with Crippen molar-refractivity contribution < 1.29 is 32.8 Å². The Balaban J connectivity index is 0.00000177. The average molecular weight is 566 g/mol. The SMILES string of the molecule is CC(=O)O.CS(=O)(=O)[C@](CCCN=C(N)N)(C(=O)Nc1ccc([N+](=O)[O-])cc1)N(C(=O)CN)c1ccccc1.